The maximum absolute atomic E-state index is 12.2. The molecule has 7 heteroatoms. The van der Waals surface area contributed by atoms with Crippen LogP contribution in [0.25, 0.3) is 0 Å². The van der Waals surface area contributed by atoms with Crippen molar-refractivity contribution in [3.63, 3.8) is 0 Å². The van der Waals surface area contributed by atoms with Gasteiger partial charge in [-0.15, -0.1) is 0 Å². The van der Waals surface area contributed by atoms with E-state index in [4.69, 9.17) is 4.74 Å². The summed E-state index contributed by atoms with van der Waals surface area (Å²) in [7, 11) is 0. The van der Waals surface area contributed by atoms with E-state index in [1.54, 1.807) is 30.3 Å². The third-order valence-corrected chi connectivity index (χ3v) is 4.79. The van der Waals surface area contributed by atoms with Gasteiger partial charge >= 0.3 is 0 Å². The fraction of sp³-hybridized carbons (Fsp3) is 0.429. The van der Waals surface area contributed by atoms with E-state index >= 15 is 0 Å². The Kier molecular flexibility index (Phi) is 6.23. The number of Topliss-reactive ketones (excluding diaryl/α,β-unsaturated/α-hetero) is 1. The first-order valence-electron chi connectivity index (χ1n) is 9.55. The fourth-order valence-corrected chi connectivity index (χ4v) is 3.10. The lowest BCUT2D eigenvalue weighted by atomic mass is 10.00. The summed E-state index contributed by atoms with van der Waals surface area (Å²) in [5.74, 6) is 1.39. The van der Waals surface area contributed by atoms with Gasteiger partial charge < -0.3 is 15.0 Å². The maximum atomic E-state index is 12.2. The number of amides is 1. The second-order valence-corrected chi connectivity index (χ2v) is 7.29. The molecule has 2 heterocycles. The number of anilines is 2. The van der Waals surface area contributed by atoms with Crippen LogP contribution in [0.15, 0.2) is 30.3 Å². The van der Waals surface area contributed by atoms with Gasteiger partial charge in [-0.3, -0.25) is 9.59 Å². The summed E-state index contributed by atoms with van der Waals surface area (Å²) in [5, 5.41) is 2.73. The summed E-state index contributed by atoms with van der Waals surface area (Å²) in [4.78, 5) is 34.8. The molecule has 0 atom stereocenters. The van der Waals surface area contributed by atoms with E-state index in [1.165, 1.54) is 6.92 Å². The number of carbonyl (C=O) groups excluding carboxylic acids is 2. The van der Waals surface area contributed by atoms with Crippen molar-refractivity contribution in [2.24, 2.45) is 5.92 Å². The van der Waals surface area contributed by atoms with E-state index in [9.17, 15) is 9.59 Å². The number of nitrogens with zero attached hydrogens (tertiary/aromatic N) is 3. The smallest absolute Gasteiger partial charge is 0.262 e. The molecule has 1 aliphatic rings. The fourth-order valence-electron chi connectivity index (χ4n) is 3.10. The zero-order chi connectivity index (χ0) is 20.1. The van der Waals surface area contributed by atoms with Gasteiger partial charge in [-0.2, -0.15) is 4.98 Å². The predicted octanol–water partition coefficient (Wildman–Crippen LogP) is 3.24. The second-order valence-electron chi connectivity index (χ2n) is 7.29. The maximum Gasteiger partial charge on any atom is 0.262 e. The summed E-state index contributed by atoms with van der Waals surface area (Å²) in [5.41, 5.74) is 1.90. The van der Waals surface area contributed by atoms with Gasteiger partial charge in [-0.1, -0.05) is 19.1 Å². The molecule has 1 N–H and O–H groups in total. The SMILES string of the molecule is CC(=O)c1cccc(NC(=O)COc2cc(C)nc(N3CCC(C)CC3)n2)c1. The molecule has 0 spiro atoms. The number of nitrogens with one attached hydrogen (secondary N) is 1. The van der Waals surface area contributed by atoms with Crippen molar-refractivity contribution in [3.8, 4) is 5.88 Å². The predicted molar refractivity (Wildman–Crippen MR) is 108 cm³/mol. The molecule has 0 radical (unpaired) electrons. The van der Waals surface area contributed by atoms with Crippen molar-refractivity contribution in [3.05, 3.63) is 41.6 Å². The van der Waals surface area contributed by atoms with Crippen LogP contribution in [0, 0.1) is 12.8 Å². The molecular formula is C21H26N4O3. The Balaban J connectivity index is 1.60. The van der Waals surface area contributed by atoms with E-state index in [0.717, 1.165) is 37.5 Å². The highest BCUT2D eigenvalue weighted by Gasteiger charge is 2.19. The standard InChI is InChI=1S/C21H26N4O3/c1-14-7-9-25(10-8-14)21-22-15(2)11-20(24-21)28-13-19(27)23-18-6-4-5-17(12-18)16(3)26/h4-6,11-12,14H,7-10,13H2,1-3H3,(H,23,27). The minimum absolute atomic E-state index is 0.0524. The molecule has 2 aromatic rings. The summed E-state index contributed by atoms with van der Waals surface area (Å²) >= 11 is 0. The highest BCUT2D eigenvalue weighted by atomic mass is 16.5. The Hall–Kier alpha value is -2.96. The second kappa shape index (κ2) is 8.82. The van der Waals surface area contributed by atoms with Crippen LogP contribution in [-0.2, 0) is 4.79 Å². The Morgan fingerprint density at radius 3 is 2.68 bits per heavy atom. The molecule has 0 unspecified atom stereocenters. The first-order chi connectivity index (χ1) is 13.4. The third-order valence-electron chi connectivity index (χ3n) is 4.79. The topological polar surface area (TPSA) is 84.4 Å². The monoisotopic (exact) mass is 382 g/mol. The average Bonchev–Trinajstić information content (AvgIpc) is 2.67. The van der Waals surface area contributed by atoms with Gasteiger partial charge in [0.1, 0.15) is 0 Å². The molecule has 0 saturated carbocycles. The number of ketones is 1. The normalized spacial score (nSPS) is 14.6. The number of carbonyl (C=O) groups is 2. The molecule has 1 saturated heterocycles. The van der Waals surface area contributed by atoms with Crippen LogP contribution in [0.3, 0.4) is 0 Å². The number of benzene rings is 1. The molecular weight excluding hydrogens is 356 g/mol. The average molecular weight is 382 g/mol. The van der Waals surface area contributed by atoms with Crippen LogP contribution < -0.4 is 15.0 Å². The van der Waals surface area contributed by atoms with Crippen molar-refractivity contribution in [2.45, 2.75) is 33.6 Å². The van der Waals surface area contributed by atoms with E-state index in [1.807, 2.05) is 6.92 Å². The Bertz CT molecular complexity index is 860. The number of rotatable bonds is 6. The van der Waals surface area contributed by atoms with Gasteiger partial charge in [0.25, 0.3) is 5.91 Å². The number of ether oxygens (including phenoxy) is 1. The Morgan fingerprint density at radius 2 is 1.96 bits per heavy atom. The highest BCUT2D eigenvalue weighted by Crippen LogP contribution is 2.22. The molecule has 1 amide bonds. The van der Waals surface area contributed by atoms with Gasteiger partial charge in [0.15, 0.2) is 12.4 Å². The van der Waals surface area contributed by atoms with Crippen LogP contribution in [0.5, 0.6) is 5.88 Å². The highest BCUT2D eigenvalue weighted by molar-refractivity contribution is 5.97. The summed E-state index contributed by atoms with van der Waals surface area (Å²) in [6.45, 7) is 7.32. The van der Waals surface area contributed by atoms with Crippen LogP contribution in [0.4, 0.5) is 11.6 Å². The number of hydrogen-bond acceptors (Lipinski definition) is 6. The van der Waals surface area contributed by atoms with E-state index in [2.05, 4.69) is 27.1 Å². The van der Waals surface area contributed by atoms with Crippen molar-refractivity contribution >= 4 is 23.3 Å². The number of aryl methyl sites for hydroxylation is 1. The van der Waals surface area contributed by atoms with Crippen LogP contribution in [-0.4, -0.2) is 41.4 Å². The molecule has 1 aliphatic heterocycles. The lowest BCUT2D eigenvalue weighted by Gasteiger charge is -2.30. The molecule has 1 aromatic heterocycles. The minimum Gasteiger partial charge on any atom is -0.467 e. The van der Waals surface area contributed by atoms with Crippen molar-refractivity contribution in [2.75, 3.05) is 29.9 Å². The van der Waals surface area contributed by atoms with Gasteiger partial charge in [0.2, 0.25) is 11.8 Å². The first-order valence-corrected chi connectivity index (χ1v) is 9.55. The van der Waals surface area contributed by atoms with Crippen molar-refractivity contribution < 1.29 is 14.3 Å². The third kappa shape index (κ3) is 5.28. The molecule has 148 valence electrons. The van der Waals surface area contributed by atoms with Gasteiger partial charge in [0.05, 0.1) is 0 Å². The molecule has 0 aliphatic carbocycles. The first kappa shape index (κ1) is 19.8. The number of piperidine rings is 1. The molecule has 3 rings (SSSR count). The largest absolute Gasteiger partial charge is 0.467 e. The Morgan fingerprint density at radius 1 is 1.21 bits per heavy atom. The quantitative estimate of drug-likeness (QED) is 0.772. The number of aromatic nitrogens is 2. The summed E-state index contributed by atoms with van der Waals surface area (Å²) < 4.78 is 5.59. The van der Waals surface area contributed by atoms with Gasteiger partial charge in [-0.05, 0) is 44.7 Å². The zero-order valence-electron chi connectivity index (χ0n) is 16.6. The summed E-state index contributed by atoms with van der Waals surface area (Å²) in [6, 6.07) is 8.53. The lowest BCUT2D eigenvalue weighted by Crippen LogP contribution is -2.34. The van der Waals surface area contributed by atoms with E-state index < -0.39 is 0 Å². The molecule has 0 bridgehead atoms. The van der Waals surface area contributed by atoms with Crippen LogP contribution in [0.1, 0.15) is 42.7 Å². The van der Waals surface area contributed by atoms with Gasteiger partial charge in [-0.25, -0.2) is 4.98 Å². The molecule has 1 fully saturated rings. The van der Waals surface area contributed by atoms with E-state index in [0.29, 0.717) is 23.1 Å². The zero-order valence-corrected chi connectivity index (χ0v) is 16.6. The lowest BCUT2D eigenvalue weighted by molar-refractivity contribution is -0.118. The molecule has 28 heavy (non-hydrogen) atoms. The summed E-state index contributed by atoms with van der Waals surface area (Å²) in [6.07, 6.45) is 2.24. The molecule has 7 nitrogen and oxygen atoms in total. The minimum atomic E-state index is -0.315. The Labute approximate surface area is 165 Å². The molecule has 1 aromatic carbocycles. The van der Waals surface area contributed by atoms with Crippen molar-refractivity contribution in [1.82, 2.24) is 9.97 Å². The van der Waals surface area contributed by atoms with Crippen LogP contribution in [0.2, 0.25) is 0 Å². The van der Waals surface area contributed by atoms with E-state index in [-0.39, 0.29) is 18.3 Å². The number of hydrogen-bond donors (Lipinski definition) is 1. The van der Waals surface area contributed by atoms with Crippen LogP contribution >= 0.6 is 0 Å². The van der Waals surface area contributed by atoms with Gasteiger partial charge in [0, 0.05) is 36.1 Å². The van der Waals surface area contributed by atoms with Crippen molar-refractivity contribution in [1.29, 1.82) is 0 Å².